The number of hydrogen-bond acceptors (Lipinski definition) is 2. The maximum absolute atomic E-state index is 6.18. The molecule has 0 bridgehead atoms. The predicted molar refractivity (Wildman–Crippen MR) is 60.5 cm³/mol. The van der Waals surface area contributed by atoms with E-state index in [2.05, 4.69) is 36.6 Å². The van der Waals surface area contributed by atoms with Gasteiger partial charge in [-0.1, -0.05) is 23.8 Å². The Hall–Kier alpha value is -1.12. The van der Waals surface area contributed by atoms with E-state index in [0.29, 0.717) is 0 Å². The van der Waals surface area contributed by atoms with Gasteiger partial charge in [-0.3, -0.25) is 0 Å². The van der Waals surface area contributed by atoms with Crippen LogP contribution in [0.1, 0.15) is 22.7 Å². The molecule has 70 valence electrons. The molecule has 1 aliphatic carbocycles. The molecule has 1 heterocycles. The number of hydrogen-bond donors (Lipinski definition) is 1. The third kappa shape index (κ3) is 0.925. The second-order valence-electron chi connectivity index (χ2n) is 3.77. The lowest BCUT2D eigenvalue weighted by atomic mass is 10.0. The SMILES string of the molecule is Cc1ccc2c(c1)C(N)c1ccsc1-2. The number of aryl methyl sites for hydroxylation is 1. The van der Waals surface area contributed by atoms with Gasteiger partial charge in [0.1, 0.15) is 0 Å². The van der Waals surface area contributed by atoms with Crippen LogP contribution < -0.4 is 5.73 Å². The Labute approximate surface area is 87.2 Å². The lowest BCUT2D eigenvalue weighted by Crippen LogP contribution is -2.07. The van der Waals surface area contributed by atoms with Crippen molar-refractivity contribution in [2.45, 2.75) is 13.0 Å². The smallest absolute Gasteiger partial charge is 0.0572 e. The molecule has 1 atom stereocenters. The minimum Gasteiger partial charge on any atom is -0.320 e. The van der Waals surface area contributed by atoms with E-state index in [9.17, 15) is 0 Å². The monoisotopic (exact) mass is 201 g/mol. The average molecular weight is 201 g/mol. The Kier molecular flexibility index (Phi) is 1.58. The number of benzene rings is 1. The van der Waals surface area contributed by atoms with E-state index < -0.39 is 0 Å². The Morgan fingerprint density at radius 2 is 2.07 bits per heavy atom. The zero-order chi connectivity index (χ0) is 9.71. The number of thiophene rings is 1. The van der Waals surface area contributed by atoms with Crippen LogP contribution in [0, 0.1) is 6.92 Å². The Morgan fingerprint density at radius 1 is 1.21 bits per heavy atom. The first-order chi connectivity index (χ1) is 6.77. The minimum absolute atomic E-state index is 0.0890. The van der Waals surface area contributed by atoms with Crippen molar-refractivity contribution in [3.05, 3.63) is 46.3 Å². The Morgan fingerprint density at radius 3 is 2.93 bits per heavy atom. The van der Waals surface area contributed by atoms with Crippen molar-refractivity contribution < 1.29 is 0 Å². The zero-order valence-corrected chi connectivity index (χ0v) is 8.77. The molecule has 3 rings (SSSR count). The first-order valence-electron chi connectivity index (χ1n) is 4.71. The zero-order valence-electron chi connectivity index (χ0n) is 7.95. The fraction of sp³-hybridized carbons (Fsp3) is 0.167. The maximum atomic E-state index is 6.18. The molecule has 2 heteroatoms. The highest BCUT2D eigenvalue weighted by atomic mass is 32.1. The second kappa shape index (κ2) is 2.69. The highest BCUT2D eigenvalue weighted by molar-refractivity contribution is 7.13. The van der Waals surface area contributed by atoms with E-state index in [1.807, 2.05) is 0 Å². The van der Waals surface area contributed by atoms with Crippen molar-refractivity contribution in [3.63, 3.8) is 0 Å². The molecule has 1 unspecified atom stereocenters. The highest BCUT2D eigenvalue weighted by Gasteiger charge is 2.26. The molecule has 0 saturated heterocycles. The molecule has 0 radical (unpaired) electrons. The molecule has 1 aromatic carbocycles. The summed E-state index contributed by atoms with van der Waals surface area (Å²) in [6, 6.07) is 8.77. The summed E-state index contributed by atoms with van der Waals surface area (Å²) in [7, 11) is 0. The van der Waals surface area contributed by atoms with E-state index in [1.165, 1.54) is 27.1 Å². The van der Waals surface area contributed by atoms with Crippen molar-refractivity contribution >= 4 is 11.3 Å². The standard InChI is InChI=1S/C12H11NS/c1-7-2-3-8-10(6-7)11(13)9-4-5-14-12(8)9/h2-6,11H,13H2,1H3. The van der Waals surface area contributed by atoms with Gasteiger partial charge >= 0.3 is 0 Å². The topological polar surface area (TPSA) is 26.0 Å². The summed E-state index contributed by atoms with van der Waals surface area (Å²) in [4.78, 5) is 1.35. The molecule has 2 N–H and O–H groups in total. The first-order valence-corrected chi connectivity index (χ1v) is 5.59. The van der Waals surface area contributed by atoms with Gasteiger partial charge in [0.2, 0.25) is 0 Å². The molecule has 0 aliphatic heterocycles. The molecule has 1 aliphatic rings. The van der Waals surface area contributed by atoms with Gasteiger partial charge in [-0.05, 0) is 35.1 Å². The van der Waals surface area contributed by atoms with Gasteiger partial charge in [-0.15, -0.1) is 11.3 Å². The largest absolute Gasteiger partial charge is 0.320 e. The van der Waals surface area contributed by atoms with Crippen LogP contribution in [-0.4, -0.2) is 0 Å². The van der Waals surface area contributed by atoms with Crippen LogP contribution >= 0.6 is 11.3 Å². The molecule has 1 nitrogen and oxygen atoms in total. The molecule has 0 spiro atoms. The van der Waals surface area contributed by atoms with Gasteiger partial charge in [0.15, 0.2) is 0 Å². The summed E-state index contributed by atoms with van der Waals surface area (Å²) in [6.45, 7) is 2.11. The highest BCUT2D eigenvalue weighted by Crippen LogP contribution is 2.45. The summed E-state index contributed by atoms with van der Waals surface area (Å²) in [5.41, 5.74) is 11.4. The third-order valence-electron chi connectivity index (χ3n) is 2.82. The van der Waals surface area contributed by atoms with Crippen LogP contribution in [0.3, 0.4) is 0 Å². The van der Waals surface area contributed by atoms with Crippen molar-refractivity contribution in [3.8, 4) is 10.4 Å². The summed E-state index contributed by atoms with van der Waals surface area (Å²) < 4.78 is 0. The van der Waals surface area contributed by atoms with Crippen LogP contribution in [0.4, 0.5) is 0 Å². The summed E-state index contributed by atoms with van der Waals surface area (Å²) in [6.07, 6.45) is 0. The van der Waals surface area contributed by atoms with Gasteiger partial charge in [-0.2, -0.15) is 0 Å². The Balaban J connectivity index is 2.33. The van der Waals surface area contributed by atoms with Crippen LogP contribution in [-0.2, 0) is 0 Å². The van der Waals surface area contributed by atoms with Crippen LogP contribution in [0.2, 0.25) is 0 Å². The van der Waals surface area contributed by atoms with E-state index >= 15 is 0 Å². The normalized spacial score (nSPS) is 18.0. The van der Waals surface area contributed by atoms with E-state index in [4.69, 9.17) is 5.73 Å². The molecule has 1 aromatic heterocycles. The van der Waals surface area contributed by atoms with Crippen LogP contribution in [0.15, 0.2) is 29.6 Å². The average Bonchev–Trinajstić information content (AvgIpc) is 2.72. The molecule has 2 aromatic rings. The van der Waals surface area contributed by atoms with Crippen molar-refractivity contribution in [1.29, 1.82) is 0 Å². The van der Waals surface area contributed by atoms with Gasteiger partial charge in [-0.25, -0.2) is 0 Å². The quantitative estimate of drug-likeness (QED) is 0.696. The molecular weight excluding hydrogens is 190 g/mol. The van der Waals surface area contributed by atoms with Gasteiger partial charge < -0.3 is 5.73 Å². The second-order valence-corrected chi connectivity index (χ2v) is 4.69. The number of fused-ring (bicyclic) bond motifs is 3. The molecule has 0 amide bonds. The van der Waals surface area contributed by atoms with Crippen LogP contribution in [0.25, 0.3) is 10.4 Å². The lowest BCUT2D eigenvalue weighted by molar-refractivity contribution is 0.902. The fourth-order valence-electron chi connectivity index (χ4n) is 2.10. The van der Waals surface area contributed by atoms with E-state index in [0.717, 1.165) is 0 Å². The predicted octanol–water partition coefficient (Wildman–Crippen LogP) is 3.09. The molecular formula is C12H11NS. The number of rotatable bonds is 0. The first kappa shape index (κ1) is 8.21. The fourth-order valence-corrected chi connectivity index (χ4v) is 3.09. The van der Waals surface area contributed by atoms with Crippen molar-refractivity contribution in [2.75, 3.05) is 0 Å². The third-order valence-corrected chi connectivity index (χ3v) is 3.78. The summed E-state index contributed by atoms with van der Waals surface area (Å²) in [5.74, 6) is 0. The van der Waals surface area contributed by atoms with Crippen LogP contribution in [0.5, 0.6) is 0 Å². The maximum Gasteiger partial charge on any atom is 0.0572 e. The van der Waals surface area contributed by atoms with Crippen molar-refractivity contribution in [1.82, 2.24) is 0 Å². The number of nitrogens with two attached hydrogens (primary N) is 1. The molecule has 0 fully saturated rings. The van der Waals surface area contributed by atoms with Gasteiger partial charge in [0, 0.05) is 4.88 Å². The van der Waals surface area contributed by atoms with Gasteiger partial charge in [0.05, 0.1) is 6.04 Å². The molecule has 14 heavy (non-hydrogen) atoms. The Bertz CT molecular complexity index is 499. The minimum atomic E-state index is 0.0890. The summed E-state index contributed by atoms with van der Waals surface area (Å²) >= 11 is 1.78. The summed E-state index contributed by atoms with van der Waals surface area (Å²) in [5, 5.41) is 2.12. The van der Waals surface area contributed by atoms with Gasteiger partial charge in [0.25, 0.3) is 0 Å². The molecule has 0 saturated carbocycles. The van der Waals surface area contributed by atoms with Crippen molar-refractivity contribution in [2.24, 2.45) is 5.73 Å². The van der Waals surface area contributed by atoms with E-state index in [-0.39, 0.29) is 6.04 Å². The van der Waals surface area contributed by atoms with E-state index in [1.54, 1.807) is 11.3 Å². The lowest BCUT2D eigenvalue weighted by Gasteiger charge is -2.06.